The van der Waals surface area contributed by atoms with E-state index in [1.54, 1.807) is 18.2 Å². The Kier molecular flexibility index (Phi) is 7.99. The molecular formula is C15H20ClN3O3. The number of carbonyl (C=O) groups is 2. The molecule has 0 spiro atoms. The number of ether oxygens (including phenoxy) is 1. The Bertz CT molecular complexity index is 547. The number of hydrogen-bond donors (Lipinski definition) is 2. The molecule has 22 heavy (non-hydrogen) atoms. The number of rotatable bonds is 7. The predicted molar refractivity (Wildman–Crippen MR) is 86.3 cm³/mol. The lowest BCUT2D eigenvalue weighted by molar-refractivity contribution is -0.139. The van der Waals surface area contributed by atoms with Gasteiger partial charge >= 0.3 is 11.8 Å². The van der Waals surface area contributed by atoms with E-state index in [1.807, 2.05) is 13.8 Å². The molecule has 0 bridgehead atoms. The Labute approximate surface area is 134 Å². The van der Waals surface area contributed by atoms with Gasteiger partial charge in [0.1, 0.15) is 5.75 Å². The normalized spacial score (nSPS) is 10.5. The van der Waals surface area contributed by atoms with Gasteiger partial charge in [-0.3, -0.25) is 9.59 Å². The number of hydrogen-bond acceptors (Lipinski definition) is 4. The molecule has 7 heteroatoms. The van der Waals surface area contributed by atoms with Gasteiger partial charge in [-0.25, -0.2) is 5.43 Å². The first kappa shape index (κ1) is 18.0. The van der Waals surface area contributed by atoms with E-state index in [4.69, 9.17) is 16.3 Å². The van der Waals surface area contributed by atoms with Gasteiger partial charge in [-0.05, 0) is 37.1 Å². The molecule has 0 heterocycles. The summed E-state index contributed by atoms with van der Waals surface area (Å²) < 4.78 is 5.31. The number of amides is 2. The Balaban J connectivity index is 2.49. The van der Waals surface area contributed by atoms with E-state index < -0.39 is 11.8 Å². The molecule has 0 aliphatic carbocycles. The van der Waals surface area contributed by atoms with Crippen LogP contribution >= 0.6 is 11.6 Å². The lowest BCUT2D eigenvalue weighted by atomic mass is 10.2. The monoisotopic (exact) mass is 325 g/mol. The fourth-order valence-corrected chi connectivity index (χ4v) is 1.79. The highest BCUT2D eigenvalue weighted by atomic mass is 35.5. The second-order valence-electron chi connectivity index (χ2n) is 4.43. The van der Waals surface area contributed by atoms with E-state index in [1.165, 1.54) is 6.21 Å². The molecule has 0 saturated heterocycles. The first-order valence-corrected chi connectivity index (χ1v) is 7.49. The maximum absolute atomic E-state index is 11.5. The van der Waals surface area contributed by atoms with Gasteiger partial charge in [-0.15, -0.1) is 0 Å². The lowest BCUT2D eigenvalue weighted by Gasteiger charge is -2.05. The Morgan fingerprint density at radius 2 is 2.09 bits per heavy atom. The Morgan fingerprint density at radius 1 is 1.32 bits per heavy atom. The second-order valence-corrected chi connectivity index (χ2v) is 4.84. The van der Waals surface area contributed by atoms with Crippen LogP contribution < -0.4 is 15.5 Å². The quantitative estimate of drug-likeness (QED) is 0.349. The highest BCUT2D eigenvalue weighted by Crippen LogP contribution is 2.24. The Morgan fingerprint density at radius 3 is 2.73 bits per heavy atom. The number of unbranched alkanes of at least 4 members (excludes halogenated alkanes) is 1. The van der Waals surface area contributed by atoms with Gasteiger partial charge in [-0.2, -0.15) is 5.10 Å². The molecule has 0 atom stereocenters. The van der Waals surface area contributed by atoms with Crippen LogP contribution in [0.5, 0.6) is 5.75 Å². The summed E-state index contributed by atoms with van der Waals surface area (Å²) in [5.74, 6) is -0.916. The summed E-state index contributed by atoms with van der Waals surface area (Å²) in [6.45, 7) is 4.86. The van der Waals surface area contributed by atoms with Gasteiger partial charge in [-0.1, -0.05) is 24.9 Å². The zero-order chi connectivity index (χ0) is 16.4. The Hall–Kier alpha value is -2.08. The van der Waals surface area contributed by atoms with Crippen molar-refractivity contribution >= 4 is 29.6 Å². The highest BCUT2D eigenvalue weighted by molar-refractivity contribution is 6.35. The van der Waals surface area contributed by atoms with Crippen molar-refractivity contribution in [3.63, 3.8) is 0 Å². The minimum absolute atomic E-state index is 0.453. The van der Waals surface area contributed by atoms with E-state index in [-0.39, 0.29) is 0 Å². The van der Waals surface area contributed by atoms with Crippen LogP contribution in [0, 0.1) is 0 Å². The van der Waals surface area contributed by atoms with Crippen molar-refractivity contribution in [1.82, 2.24) is 10.7 Å². The fraction of sp³-hybridized carbons (Fsp3) is 0.400. The van der Waals surface area contributed by atoms with Crippen LogP contribution in [0.3, 0.4) is 0 Å². The lowest BCUT2D eigenvalue weighted by Crippen LogP contribution is -2.38. The molecule has 1 aromatic carbocycles. The molecule has 0 radical (unpaired) electrons. The van der Waals surface area contributed by atoms with Crippen LogP contribution in [-0.2, 0) is 9.59 Å². The first-order chi connectivity index (χ1) is 10.6. The smallest absolute Gasteiger partial charge is 0.329 e. The molecule has 2 N–H and O–H groups in total. The average molecular weight is 326 g/mol. The van der Waals surface area contributed by atoms with Crippen LogP contribution in [0.4, 0.5) is 0 Å². The van der Waals surface area contributed by atoms with Gasteiger partial charge in [0.2, 0.25) is 0 Å². The van der Waals surface area contributed by atoms with Crippen molar-refractivity contribution in [2.24, 2.45) is 5.10 Å². The van der Waals surface area contributed by atoms with Crippen LogP contribution in [0.25, 0.3) is 0 Å². The number of nitrogens with zero attached hydrogens (tertiary/aromatic N) is 1. The summed E-state index contributed by atoms with van der Waals surface area (Å²) in [5, 5.41) is 6.68. The molecule has 0 unspecified atom stereocenters. The summed E-state index contributed by atoms with van der Waals surface area (Å²) in [6, 6.07) is 5.11. The largest absolute Gasteiger partial charge is 0.492 e. The molecule has 6 nitrogen and oxygen atoms in total. The summed E-state index contributed by atoms with van der Waals surface area (Å²) in [4.78, 5) is 22.8. The summed E-state index contributed by atoms with van der Waals surface area (Å²) >= 11 is 6.03. The van der Waals surface area contributed by atoms with Crippen LogP contribution in [-0.4, -0.2) is 31.2 Å². The van der Waals surface area contributed by atoms with E-state index in [0.717, 1.165) is 12.8 Å². The van der Waals surface area contributed by atoms with Gasteiger partial charge in [0, 0.05) is 6.54 Å². The number of carbonyl (C=O) groups excluding carboxylic acids is 2. The molecule has 0 aromatic heterocycles. The molecule has 0 aliphatic rings. The van der Waals surface area contributed by atoms with Gasteiger partial charge in [0.05, 0.1) is 17.8 Å². The summed E-state index contributed by atoms with van der Waals surface area (Å²) in [5.41, 5.74) is 2.84. The molecule has 1 rings (SSSR count). The standard InChI is InChI=1S/C15H20ClN3O3/c1-3-5-8-17-14(20)15(21)19-18-10-11-6-7-13(22-4-2)12(16)9-11/h6-7,9-10H,3-5,8H2,1-2H3,(H,17,20)(H,19,21)/b18-10-. The highest BCUT2D eigenvalue weighted by Gasteiger charge is 2.11. The van der Waals surface area contributed by atoms with Gasteiger partial charge in [0.15, 0.2) is 0 Å². The summed E-state index contributed by atoms with van der Waals surface area (Å²) in [6.07, 6.45) is 3.17. The zero-order valence-electron chi connectivity index (χ0n) is 12.7. The van der Waals surface area contributed by atoms with Crippen molar-refractivity contribution in [2.45, 2.75) is 26.7 Å². The minimum Gasteiger partial charge on any atom is -0.492 e. The van der Waals surface area contributed by atoms with Crippen LogP contribution in [0.15, 0.2) is 23.3 Å². The van der Waals surface area contributed by atoms with Crippen molar-refractivity contribution < 1.29 is 14.3 Å². The molecule has 0 aliphatic heterocycles. The third-order valence-electron chi connectivity index (χ3n) is 2.66. The van der Waals surface area contributed by atoms with Crippen molar-refractivity contribution in [3.05, 3.63) is 28.8 Å². The number of benzene rings is 1. The van der Waals surface area contributed by atoms with Crippen LogP contribution in [0.2, 0.25) is 5.02 Å². The topological polar surface area (TPSA) is 79.8 Å². The van der Waals surface area contributed by atoms with E-state index in [9.17, 15) is 9.59 Å². The molecule has 1 aromatic rings. The SMILES string of the molecule is CCCCNC(=O)C(=O)N/N=C\c1ccc(OCC)c(Cl)c1. The number of nitrogens with one attached hydrogen (secondary N) is 2. The van der Waals surface area contributed by atoms with Crippen molar-refractivity contribution in [3.8, 4) is 5.75 Å². The fourth-order valence-electron chi connectivity index (χ4n) is 1.55. The first-order valence-electron chi connectivity index (χ1n) is 7.12. The van der Waals surface area contributed by atoms with E-state index in [2.05, 4.69) is 15.8 Å². The van der Waals surface area contributed by atoms with Crippen LogP contribution in [0.1, 0.15) is 32.3 Å². The predicted octanol–water partition coefficient (Wildman–Crippen LogP) is 2.11. The van der Waals surface area contributed by atoms with E-state index >= 15 is 0 Å². The van der Waals surface area contributed by atoms with Gasteiger partial charge < -0.3 is 10.1 Å². The maximum Gasteiger partial charge on any atom is 0.329 e. The van der Waals surface area contributed by atoms with E-state index in [0.29, 0.717) is 29.5 Å². The van der Waals surface area contributed by atoms with Crippen molar-refractivity contribution in [2.75, 3.05) is 13.2 Å². The summed E-state index contributed by atoms with van der Waals surface area (Å²) in [7, 11) is 0. The molecular weight excluding hydrogens is 306 g/mol. The van der Waals surface area contributed by atoms with Gasteiger partial charge in [0.25, 0.3) is 0 Å². The molecule has 0 fully saturated rings. The third kappa shape index (κ3) is 6.13. The third-order valence-corrected chi connectivity index (χ3v) is 2.95. The zero-order valence-corrected chi connectivity index (χ0v) is 13.4. The van der Waals surface area contributed by atoms with Crippen molar-refractivity contribution in [1.29, 1.82) is 0 Å². The molecule has 120 valence electrons. The molecule has 2 amide bonds. The number of halogens is 1. The average Bonchev–Trinajstić information content (AvgIpc) is 2.50. The minimum atomic E-state index is -0.801. The maximum atomic E-state index is 11.5. The second kappa shape index (κ2) is 9.78. The number of hydrazone groups is 1. The molecule has 0 saturated carbocycles.